The van der Waals surface area contributed by atoms with Gasteiger partial charge in [0.05, 0.1) is 0 Å². The molecule has 4 aromatic rings. The topological polar surface area (TPSA) is 7.76 Å². The molecule has 208 valence electrons. The van der Waals surface area contributed by atoms with Crippen LogP contribution in [0.1, 0.15) is 18.1 Å². The highest BCUT2D eigenvalue weighted by Crippen LogP contribution is 2.16. The maximum Gasteiger partial charge on any atom is 0.762 e. The van der Waals surface area contributed by atoms with Crippen molar-refractivity contribution < 1.29 is 44.4 Å². The highest BCUT2D eigenvalue weighted by molar-refractivity contribution is 6.33. The van der Waals surface area contributed by atoms with Crippen LogP contribution in [0.15, 0.2) is 122 Å². The molecular weight excluding hydrogens is 526 g/mol. The first kappa shape index (κ1) is 37.2. The lowest BCUT2D eigenvalue weighted by Crippen LogP contribution is -3.00. The Kier molecular flexibility index (Phi) is 21.1. The van der Waals surface area contributed by atoms with Crippen molar-refractivity contribution in [3.05, 3.63) is 133 Å². The van der Waals surface area contributed by atoms with Gasteiger partial charge in [-0.2, -0.15) is 0 Å². The molecule has 0 spiro atoms. The Bertz CT molecular complexity index is 1030. The van der Waals surface area contributed by atoms with Crippen LogP contribution in [-0.2, 0) is 13.1 Å². The molecule has 0 fully saturated rings. The van der Waals surface area contributed by atoms with Gasteiger partial charge >= 0.3 is 15.1 Å². The summed E-state index contributed by atoms with van der Waals surface area (Å²) < 4.78 is 62.4. The van der Waals surface area contributed by atoms with Crippen molar-refractivity contribution in [2.45, 2.75) is 20.0 Å². The van der Waals surface area contributed by atoms with Crippen molar-refractivity contribution in [3.8, 4) is 11.1 Å². The third-order valence-corrected chi connectivity index (χ3v) is 4.53. The number of pyridine rings is 2. The van der Waals surface area contributed by atoms with E-state index in [1.807, 2.05) is 6.92 Å². The number of nitrogens with zero attached hydrogens (tertiary/aromatic N) is 2. The Morgan fingerprint density at radius 1 is 0.564 bits per heavy atom. The predicted molar refractivity (Wildman–Crippen MR) is 137 cm³/mol. The maximum absolute atomic E-state index is 9.67. The highest BCUT2D eigenvalue weighted by atomic mass is 19.4. The molecule has 0 saturated heterocycles. The van der Waals surface area contributed by atoms with Crippen LogP contribution in [0.4, 0.5) is 25.9 Å². The summed E-state index contributed by atoms with van der Waals surface area (Å²) in [5, 5.41) is 0. The van der Waals surface area contributed by atoms with Gasteiger partial charge in [-0.25, -0.2) is 9.13 Å². The first-order chi connectivity index (χ1) is 17.7. The predicted octanol–water partition coefficient (Wildman–Crippen LogP) is 0.985. The summed E-state index contributed by atoms with van der Waals surface area (Å²) in [6, 6.07) is 29.8. The molecule has 0 aliphatic heterocycles. The number of benzene rings is 2. The lowest BCUT2D eigenvalue weighted by Gasteiger charge is -2.02. The lowest BCUT2D eigenvalue weighted by molar-refractivity contribution is -0.688. The van der Waals surface area contributed by atoms with Crippen LogP contribution >= 0.6 is 0 Å². The Morgan fingerprint density at radius 3 is 1.03 bits per heavy atom. The van der Waals surface area contributed by atoms with Crippen LogP contribution in [0.5, 0.6) is 0 Å². The summed E-state index contributed by atoms with van der Waals surface area (Å²) >= 11 is 0. The van der Waals surface area contributed by atoms with Gasteiger partial charge in [-0.3, -0.25) is 25.9 Å². The number of hydrogen-bond acceptors (Lipinski definition) is 0. The van der Waals surface area contributed by atoms with Gasteiger partial charge < -0.3 is 9.41 Å². The zero-order valence-corrected chi connectivity index (χ0v) is 21.2. The molecule has 0 unspecified atom stereocenters. The van der Waals surface area contributed by atoms with Gasteiger partial charge in [0.2, 0.25) is 0 Å². The van der Waals surface area contributed by atoms with E-state index < -0.39 is 15.1 Å². The summed E-state index contributed by atoms with van der Waals surface area (Å²) in [6.45, 7) is 7.04. The molecule has 0 aliphatic carbocycles. The molecule has 0 bridgehead atoms. The quantitative estimate of drug-likeness (QED) is 0.151. The molecule has 2 nitrogen and oxygen atoms in total. The zero-order chi connectivity index (χ0) is 27.5. The summed E-state index contributed by atoms with van der Waals surface area (Å²) in [6.07, 6.45) is 10.3. The average Bonchev–Trinajstić information content (AvgIpc) is 2.86. The summed E-state index contributed by atoms with van der Waals surface area (Å²) in [5.41, 5.74) is 5.10. The van der Waals surface area contributed by atoms with Crippen LogP contribution in [0, 0.1) is 0 Å². The third kappa shape index (κ3) is 18.0. The van der Waals surface area contributed by atoms with Gasteiger partial charge in [-0.15, -0.1) is 6.58 Å². The van der Waals surface area contributed by atoms with E-state index in [4.69, 9.17) is 0 Å². The van der Waals surface area contributed by atoms with E-state index in [1.54, 1.807) is 6.08 Å². The highest BCUT2D eigenvalue weighted by Gasteiger charge is 2.08. The normalized spacial score (nSPS) is 8.79. The number of allylic oxidation sites excluding steroid dienone is 1. The maximum atomic E-state index is 9.67. The molecule has 2 aromatic carbocycles. The van der Waals surface area contributed by atoms with Gasteiger partial charge in [0.15, 0.2) is 37.9 Å². The van der Waals surface area contributed by atoms with E-state index >= 15 is 0 Å². The van der Waals surface area contributed by atoms with E-state index in [0.717, 1.165) is 13.1 Å². The van der Waals surface area contributed by atoms with E-state index in [-0.39, 0.29) is 9.41 Å². The molecule has 12 heteroatoms. The molecule has 0 amide bonds. The Balaban J connectivity index is 0. The van der Waals surface area contributed by atoms with Gasteiger partial charge in [0.25, 0.3) is 0 Å². The lowest BCUT2D eigenvalue weighted by atomic mass is 10.1. The Labute approximate surface area is 224 Å². The minimum absolute atomic E-state index is 0. The average molecular weight is 554 g/mol. The molecule has 0 aliphatic rings. The molecular formula is C27H28B2F8N2. The molecule has 2 aromatic heterocycles. The minimum Gasteiger partial charge on any atom is -1.00 e. The second kappa shape index (κ2) is 22.1. The molecule has 2 heterocycles. The smallest absolute Gasteiger partial charge is 0.762 e. The third-order valence-electron chi connectivity index (χ3n) is 4.53. The number of halogens is 8. The number of hydrogen-bond donors (Lipinski definition) is 0. The van der Waals surface area contributed by atoms with Crippen molar-refractivity contribution in [3.63, 3.8) is 0 Å². The van der Waals surface area contributed by atoms with Crippen LogP contribution < -0.4 is 18.5 Å². The van der Waals surface area contributed by atoms with Gasteiger partial charge in [0.1, 0.15) is 0 Å². The summed E-state index contributed by atoms with van der Waals surface area (Å²) in [7, 11) is -7.33. The minimum atomic E-state index is -3.67. The summed E-state index contributed by atoms with van der Waals surface area (Å²) in [5.74, 6) is 0. The molecule has 39 heavy (non-hydrogen) atoms. The monoisotopic (exact) mass is 554 g/mol. The fourth-order valence-electron chi connectivity index (χ4n) is 3.10. The van der Waals surface area contributed by atoms with E-state index in [2.05, 4.69) is 125 Å². The molecule has 4 rings (SSSR count). The fraction of sp³-hybridized carbons (Fsp3) is 0.111. The van der Waals surface area contributed by atoms with Crippen molar-refractivity contribution in [2.24, 2.45) is 0 Å². The number of aromatic nitrogens is 2. The zero-order valence-electron chi connectivity index (χ0n) is 21.2. The first-order valence-electron chi connectivity index (χ1n) is 11.2. The molecule has 0 atom stereocenters. The molecule has 0 N–H and O–H groups in total. The second-order valence-electron chi connectivity index (χ2n) is 7.39. The van der Waals surface area contributed by atoms with Crippen molar-refractivity contribution >= 4 is 15.1 Å². The van der Waals surface area contributed by atoms with Crippen LogP contribution in [-0.4, -0.2) is 15.1 Å². The molecule has 0 saturated carbocycles. The van der Waals surface area contributed by atoms with Gasteiger partial charge in [-0.05, 0) is 18.1 Å². The second-order valence-corrected chi connectivity index (χ2v) is 7.39. The van der Waals surface area contributed by atoms with E-state index in [9.17, 15) is 25.9 Å². The Morgan fingerprint density at radius 2 is 0.795 bits per heavy atom. The standard InChI is InChI=1S/C24H22N2.C3H6.2BF3.2FH/c1-3-7-21(8-4-1)19-25-15-11-23(12-16-25)24-13-17-26(18-14-24)20-22-9-5-2-6-10-22;1-3-2;2*2-1(3)4;;/h1-18H,19-20H2;3H,1H2,2H3;;;2*1H/q+2;;;;;/p-2. The van der Waals surface area contributed by atoms with E-state index in [0.29, 0.717) is 0 Å². The van der Waals surface area contributed by atoms with Crippen LogP contribution in [0.3, 0.4) is 0 Å². The van der Waals surface area contributed by atoms with Gasteiger partial charge in [0, 0.05) is 35.4 Å². The first-order valence-corrected chi connectivity index (χ1v) is 11.2. The fourth-order valence-corrected chi connectivity index (χ4v) is 3.10. The van der Waals surface area contributed by atoms with Crippen LogP contribution in [0.2, 0.25) is 0 Å². The van der Waals surface area contributed by atoms with Crippen molar-refractivity contribution in [2.75, 3.05) is 0 Å². The number of rotatable bonds is 5. The molecule has 0 radical (unpaired) electrons. The SMILES string of the molecule is C=CC.FB(F)F.FB(F)F.[F-].[F-].c1ccc(C[n+]2ccc(-c3cc[n+](Cc4ccccc4)cc3)cc2)cc1. The Hall–Kier alpha value is -3.95. The van der Waals surface area contributed by atoms with Gasteiger partial charge in [-0.1, -0.05) is 66.7 Å². The largest absolute Gasteiger partial charge is 1.00 e. The van der Waals surface area contributed by atoms with E-state index in [1.165, 1.54) is 22.3 Å². The van der Waals surface area contributed by atoms with Crippen molar-refractivity contribution in [1.82, 2.24) is 0 Å². The summed E-state index contributed by atoms with van der Waals surface area (Å²) in [4.78, 5) is 0. The van der Waals surface area contributed by atoms with Crippen LogP contribution in [0.25, 0.3) is 11.1 Å². The van der Waals surface area contributed by atoms with Crippen molar-refractivity contribution in [1.29, 1.82) is 0 Å².